The molecule has 1 heterocycles. The first-order chi connectivity index (χ1) is 8.79. The van der Waals surface area contributed by atoms with E-state index in [9.17, 15) is 18.0 Å². The number of rotatable bonds is 2. The van der Waals surface area contributed by atoms with E-state index in [1.807, 2.05) is 13.8 Å². The number of alkyl halides is 3. The molecule has 0 atom stereocenters. The molecule has 0 aliphatic heterocycles. The van der Waals surface area contributed by atoms with Gasteiger partial charge in [-0.3, -0.25) is 4.79 Å². The standard InChI is InChI=1S/C14H11F3OS/c1-8-6-12(19-9(8)2)13(18)10-4-3-5-11(7-10)14(15,16)17/h3-7H,1-2H3. The third kappa shape index (κ3) is 2.87. The highest BCUT2D eigenvalue weighted by Gasteiger charge is 2.31. The highest BCUT2D eigenvalue weighted by atomic mass is 32.1. The number of hydrogen-bond donors (Lipinski definition) is 0. The molecule has 0 saturated heterocycles. The molecule has 0 amide bonds. The van der Waals surface area contributed by atoms with Crippen molar-refractivity contribution in [3.05, 3.63) is 56.8 Å². The topological polar surface area (TPSA) is 17.1 Å². The SMILES string of the molecule is Cc1cc(C(=O)c2cccc(C(F)(F)F)c2)sc1C. The fraction of sp³-hybridized carbons (Fsp3) is 0.214. The Bertz CT molecular complexity index is 606. The van der Waals surface area contributed by atoms with Crippen LogP contribution in [0.1, 0.15) is 31.2 Å². The smallest absolute Gasteiger partial charge is 0.288 e. The van der Waals surface area contributed by atoms with E-state index in [4.69, 9.17) is 0 Å². The number of hydrogen-bond acceptors (Lipinski definition) is 2. The molecule has 0 fully saturated rings. The van der Waals surface area contributed by atoms with Crippen LogP contribution in [0.5, 0.6) is 0 Å². The summed E-state index contributed by atoms with van der Waals surface area (Å²) in [5.41, 5.74) is 0.236. The number of carbonyl (C=O) groups is 1. The van der Waals surface area contributed by atoms with Crippen LogP contribution in [0.4, 0.5) is 13.2 Å². The summed E-state index contributed by atoms with van der Waals surface area (Å²) in [4.78, 5) is 13.6. The molecule has 0 unspecified atom stereocenters. The Balaban J connectivity index is 2.39. The average Bonchev–Trinajstić information content (AvgIpc) is 2.68. The van der Waals surface area contributed by atoms with Crippen LogP contribution in [0.25, 0.3) is 0 Å². The largest absolute Gasteiger partial charge is 0.416 e. The highest BCUT2D eigenvalue weighted by Crippen LogP contribution is 2.30. The summed E-state index contributed by atoms with van der Waals surface area (Å²) in [7, 11) is 0. The minimum absolute atomic E-state index is 0.0658. The quantitative estimate of drug-likeness (QED) is 0.736. The second-order valence-electron chi connectivity index (χ2n) is 4.26. The summed E-state index contributed by atoms with van der Waals surface area (Å²) >= 11 is 1.30. The normalized spacial score (nSPS) is 11.6. The van der Waals surface area contributed by atoms with Gasteiger partial charge in [-0.25, -0.2) is 0 Å². The van der Waals surface area contributed by atoms with Crippen molar-refractivity contribution in [1.29, 1.82) is 0 Å². The summed E-state index contributed by atoms with van der Waals surface area (Å²) < 4.78 is 37.8. The second-order valence-corrected chi connectivity index (χ2v) is 5.51. The molecule has 0 saturated carbocycles. The fourth-order valence-corrected chi connectivity index (χ4v) is 2.66. The third-order valence-corrected chi connectivity index (χ3v) is 3.99. The molecule has 2 rings (SSSR count). The van der Waals surface area contributed by atoms with Crippen LogP contribution in [0.2, 0.25) is 0 Å². The van der Waals surface area contributed by atoms with Crippen LogP contribution in [-0.4, -0.2) is 5.78 Å². The maximum Gasteiger partial charge on any atom is 0.416 e. The zero-order chi connectivity index (χ0) is 14.2. The van der Waals surface area contributed by atoms with Gasteiger partial charge in [-0.05, 0) is 37.6 Å². The van der Waals surface area contributed by atoms with Crippen LogP contribution in [0, 0.1) is 13.8 Å². The van der Waals surface area contributed by atoms with E-state index in [-0.39, 0.29) is 11.3 Å². The number of carbonyl (C=O) groups excluding carboxylic acids is 1. The van der Waals surface area contributed by atoms with E-state index < -0.39 is 11.7 Å². The lowest BCUT2D eigenvalue weighted by molar-refractivity contribution is -0.137. The van der Waals surface area contributed by atoms with E-state index in [0.717, 1.165) is 22.6 Å². The molecule has 5 heteroatoms. The maximum atomic E-state index is 12.6. The zero-order valence-corrected chi connectivity index (χ0v) is 11.2. The van der Waals surface area contributed by atoms with Crippen LogP contribution in [0.3, 0.4) is 0 Å². The lowest BCUT2D eigenvalue weighted by atomic mass is 10.1. The molecule has 0 aliphatic carbocycles. The number of thiophene rings is 1. The fourth-order valence-electron chi connectivity index (χ4n) is 1.66. The van der Waals surface area contributed by atoms with Gasteiger partial charge in [-0.1, -0.05) is 12.1 Å². The molecule has 1 aromatic carbocycles. The van der Waals surface area contributed by atoms with Gasteiger partial charge in [0.05, 0.1) is 10.4 Å². The predicted molar refractivity (Wildman–Crippen MR) is 68.7 cm³/mol. The monoisotopic (exact) mass is 284 g/mol. The number of ketones is 1. The van der Waals surface area contributed by atoms with E-state index in [0.29, 0.717) is 4.88 Å². The molecule has 0 spiro atoms. The average molecular weight is 284 g/mol. The van der Waals surface area contributed by atoms with Gasteiger partial charge in [-0.15, -0.1) is 11.3 Å². The minimum atomic E-state index is -4.43. The van der Waals surface area contributed by atoms with Crippen LogP contribution in [0.15, 0.2) is 30.3 Å². The first kappa shape index (κ1) is 13.8. The lowest BCUT2D eigenvalue weighted by Crippen LogP contribution is -2.07. The van der Waals surface area contributed by atoms with Crippen molar-refractivity contribution in [3.8, 4) is 0 Å². The highest BCUT2D eigenvalue weighted by molar-refractivity contribution is 7.14. The second kappa shape index (κ2) is 4.81. The summed E-state index contributed by atoms with van der Waals surface area (Å²) in [6.45, 7) is 3.75. The Labute approximate surface area is 112 Å². The molecule has 100 valence electrons. The Morgan fingerprint density at radius 3 is 2.37 bits per heavy atom. The predicted octanol–water partition coefficient (Wildman–Crippen LogP) is 4.61. The van der Waals surface area contributed by atoms with Crippen molar-refractivity contribution in [3.63, 3.8) is 0 Å². The molecule has 0 N–H and O–H groups in total. The summed E-state index contributed by atoms with van der Waals surface area (Å²) in [5, 5.41) is 0. The van der Waals surface area contributed by atoms with E-state index in [1.54, 1.807) is 6.07 Å². The molecule has 1 nitrogen and oxygen atoms in total. The zero-order valence-electron chi connectivity index (χ0n) is 10.3. The van der Waals surface area contributed by atoms with Crippen LogP contribution in [-0.2, 0) is 6.18 Å². The summed E-state index contributed by atoms with van der Waals surface area (Å²) in [5.74, 6) is -0.368. The van der Waals surface area contributed by atoms with Crippen molar-refractivity contribution >= 4 is 17.1 Å². The molecule has 2 aromatic rings. The van der Waals surface area contributed by atoms with E-state index in [2.05, 4.69) is 0 Å². The summed E-state index contributed by atoms with van der Waals surface area (Å²) in [6, 6.07) is 6.22. The Morgan fingerprint density at radius 1 is 1.16 bits per heavy atom. The maximum absolute atomic E-state index is 12.6. The van der Waals surface area contributed by atoms with Gasteiger partial charge in [0.15, 0.2) is 0 Å². The lowest BCUT2D eigenvalue weighted by Gasteiger charge is -2.07. The molecule has 1 aromatic heterocycles. The van der Waals surface area contributed by atoms with Gasteiger partial charge in [-0.2, -0.15) is 13.2 Å². The minimum Gasteiger partial charge on any atom is -0.288 e. The summed E-state index contributed by atoms with van der Waals surface area (Å²) in [6.07, 6.45) is -4.43. The Hall–Kier alpha value is -1.62. The molecule has 0 radical (unpaired) electrons. The van der Waals surface area contributed by atoms with Gasteiger partial charge < -0.3 is 0 Å². The van der Waals surface area contributed by atoms with Crippen molar-refractivity contribution in [1.82, 2.24) is 0 Å². The van der Waals surface area contributed by atoms with Crippen molar-refractivity contribution in [2.24, 2.45) is 0 Å². The van der Waals surface area contributed by atoms with Crippen molar-refractivity contribution in [2.75, 3.05) is 0 Å². The van der Waals surface area contributed by atoms with E-state index in [1.165, 1.54) is 23.5 Å². The molecule has 0 aliphatic rings. The van der Waals surface area contributed by atoms with Crippen molar-refractivity contribution in [2.45, 2.75) is 20.0 Å². The van der Waals surface area contributed by atoms with E-state index >= 15 is 0 Å². The molecule has 0 bridgehead atoms. The first-order valence-electron chi connectivity index (χ1n) is 5.58. The van der Waals surface area contributed by atoms with Crippen LogP contribution < -0.4 is 0 Å². The van der Waals surface area contributed by atoms with Crippen LogP contribution >= 0.6 is 11.3 Å². The number of halogens is 3. The third-order valence-electron chi connectivity index (χ3n) is 2.84. The number of benzene rings is 1. The molecule has 19 heavy (non-hydrogen) atoms. The van der Waals surface area contributed by atoms with Crippen molar-refractivity contribution < 1.29 is 18.0 Å². The van der Waals surface area contributed by atoms with Gasteiger partial charge >= 0.3 is 6.18 Å². The van der Waals surface area contributed by atoms with Gasteiger partial charge in [0.1, 0.15) is 0 Å². The molecular weight excluding hydrogens is 273 g/mol. The first-order valence-corrected chi connectivity index (χ1v) is 6.39. The Kier molecular flexibility index (Phi) is 3.49. The van der Waals surface area contributed by atoms with Gasteiger partial charge in [0.25, 0.3) is 0 Å². The Morgan fingerprint density at radius 2 is 1.84 bits per heavy atom. The number of aryl methyl sites for hydroxylation is 2. The van der Waals surface area contributed by atoms with Gasteiger partial charge in [0.2, 0.25) is 5.78 Å². The van der Waals surface area contributed by atoms with Gasteiger partial charge in [0, 0.05) is 10.4 Å². The molecular formula is C14H11F3OS.